The Bertz CT molecular complexity index is 1100. The molecule has 0 aliphatic heterocycles. The third-order valence-electron chi connectivity index (χ3n) is 7.89. The molecule has 0 atom stereocenters. The molecular formula is C32H38FN. The monoisotopic (exact) mass is 455 g/mol. The molecule has 0 unspecified atom stereocenters. The van der Waals surface area contributed by atoms with Crippen molar-refractivity contribution in [2.75, 3.05) is 0 Å². The highest BCUT2D eigenvalue weighted by Crippen LogP contribution is 2.34. The zero-order valence-electron chi connectivity index (χ0n) is 20.7. The van der Waals surface area contributed by atoms with E-state index in [0.717, 1.165) is 46.6 Å². The second-order valence-corrected chi connectivity index (χ2v) is 10.3. The van der Waals surface area contributed by atoms with E-state index >= 15 is 4.39 Å². The average molecular weight is 456 g/mol. The molecule has 1 saturated carbocycles. The number of nitriles is 1. The van der Waals surface area contributed by atoms with Gasteiger partial charge >= 0.3 is 0 Å². The van der Waals surface area contributed by atoms with Crippen LogP contribution in [-0.4, -0.2) is 0 Å². The third kappa shape index (κ3) is 6.47. The quantitative estimate of drug-likeness (QED) is 0.280. The number of benzene rings is 3. The second kappa shape index (κ2) is 12.2. The van der Waals surface area contributed by atoms with E-state index in [1.165, 1.54) is 63.4 Å². The highest BCUT2D eigenvalue weighted by molar-refractivity contribution is 5.84. The summed E-state index contributed by atoms with van der Waals surface area (Å²) in [7, 11) is 0. The predicted octanol–water partition coefficient (Wildman–Crippen LogP) is 8.96. The first-order valence-corrected chi connectivity index (χ1v) is 13.3. The van der Waals surface area contributed by atoms with Crippen molar-refractivity contribution in [2.45, 2.75) is 84.0 Å². The summed E-state index contributed by atoms with van der Waals surface area (Å²) in [5, 5.41) is 10.7. The van der Waals surface area contributed by atoms with Crippen LogP contribution in [0.1, 0.15) is 87.0 Å². The number of aryl methyl sites for hydroxylation is 3. The summed E-state index contributed by atoms with van der Waals surface area (Å²) in [5.74, 6) is 1.75. The van der Waals surface area contributed by atoms with Gasteiger partial charge in [-0.15, -0.1) is 0 Å². The first-order chi connectivity index (χ1) is 16.7. The van der Waals surface area contributed by atoms with Gasteiger partial charge in [-0.25, -0.2) is 4.39 Å². The molecule has 34 heavy (non-hydrogen) atoms. The number of hydrogen-bond acceptors (Lipinski definition) is 1. The summed E-state index contributed by atoms with van der Waals surface area (Å²) in [6.07, 6.45) is 15.0. The molecule has 0 bridgehead atoms. The van der Waals surface area contributed by atoms with Crippen LogP contribution in [-0.2, 0) is 19.3 Å². The Morgan fingerprint density at radius 1 is 0.794 bits per heavy atom. The van der Waals surface area contributed by atoms with Crippen molar-refractivity contribution >= 4 is 10.8 Å². The van der Waals surface area contributed by atoms with Gasteiger partial charge in [0.05, 0.1) is 11.6 Å². The minimum Gasteiger partial charge on any atom is -0.206 e. The lowest BCUT2D eigenvalue weighted by Crippen LogP contribution is -2.15. The number of hydrogen-bond donors (Lipinski definition) is 0. The zero-order valence-corrected chi connectivity index (χ0v) is 20.7. The van der Waals surface area contributed by atoms with E-state index in [1.807, 2.05) is 36.4 Å². The molecule has 4 rings (SSSR count). The van der Waals surface area contributed by atoms with Gasteiger partial charge in [0.2, 0.25) is 0 Å². The number of halogens is 1. The van der Waals surface area contributed by atoms with Crippen LogP contribution in [0.15, 0.2) is 54.6 Å². The van der Waals surface area contributed by atoms with Crippen LogP contribution < -0.4 is 0 Å². The lowest BCUT2D eigenvalue weighted by atomic mass is 9.77. The summed E-state index contributed by atoms with van der Waals surface area (Å²) in [4.78, 5) is 0. The van der Waals surface area contributed by atoms with Crippen LogP contribution >= 0.6 is 0 Å². The Kier molecular flexibility index (Phi) is 8.75. The Morgan fingerprint density at radius 3 is 2.21 bits per heavy atom. The first-order valence-electron chi connectivity index (χ1n) is 13.3. The van der Waals surface area contributed by atoms with Gasteiger partial charge in [-0.2, -0.15) is 5.26 Å². The third-order valence-corrected chi connectivity index (χ3v) is 7.89. The van der Waals surface area contributed by atoms with E-state index in [-0.39, 0.29) is 5.82 Å². The smallest absolute Gasteiger partial charge is 0.134 e. The van der Waals surface area contributed by atoms with Gasteiger partial charge in [0.1, 0.15) is 5.82 Å². The Balaban J connectivity index is 1.30. The van der Waals surface area contributed by atoms with Gasteiger partial charge in [0, 0.05) is 5.39 Å². The molecule has 0 heterocycles. The standard InChI is InChI=1S/C32H38FN/c1-2-3-4-5-24-6-8-25(9-7-24)10-13-27-17-21-31-30(22-27)20-19-29(32(31)33)18-16-26-11-14-28(23-34)15-12-26/h11-12,14-15,17,19-22,24-25H,2-10,13,16,18H2,1H3. The molecule has 2 heteroatoms. The van der Waals surface area contributed by atoms with Crippen molar-refractivity contribution in [3.63, 3.8) is 0 Å². The number of unbranched alkanes of at least 4 members (excludes halogenated alkanes) is 2. The fraction of sp³-hybridized carbons (Fsp3) is 0.469. The molecular weight excluding hydrogens is 417 g/mol. The average Bonchev–Trinajstić information content (AvgIpc) is 2.88. The van der Waals surface area contributed by atoms with Crippen molar-refractivity contribution < 1.29 is 4.39 Å². The largest absolute Gasteiger partial charge is 0.206 e. The molecule has 3 aromatic carbocycles. The van der Waals surface area contributed by atoms with E-state index in [0.29, 0.717) is 12.0 Å². The van der Waals surface area contributed by atoms with Crippen molar-refractivity contribution in [1.29, 1.82) is 5.26 Å². The van der Waals surface area contributed by atoms with Gasteiger partial charge < -0.3 is 0 Å². The Hall–Kier alpha value is -2.66. The Labute approximate surface area is 205 Å². The lowest BCUT2D eigenvalue weighted by molar-refractivity contribution is 0.249. The van der Waals surface area contributed by atoms with Crippen molar-refractivity contribution in [1.82, 2.24) is 0 Å². The molecule has 178 valence electrons. The first kappa shape index (κ1) is 24.5. The topological polar surface area (TPSA) is 23.8 Å². The van der Waals surface area contributed by atoms with Crippen molar-refractivity contribution in [2.24, 2.45) is 11.8 Å². The van der Waals surface area contributed by atoms with Gasteiger partial charge in [0.25, 0.3) is 0 Å². The number of rotatable bonds is 10. The molecule has 0 radical (unpaired) electrons. The van der Waals surface area contributed by atoms with E-state index in [9.17, 15) is 0 Å². The summed E-state index contributed by atoms with van der Waals surface area (Å²) >= 11 is 0. The van der Waals surface area contributed by atoms with Crippen LogP contribution in [0.3, 0.4) is 0 Å². The molecule has 0 spiro atoms. The van der Waals surface area contributed by atoms with Crippen LogP contribution in [0, 0.1) is 29.0 Å². The predicted molar refractivity (Wildman–Crippen MR) is 140 cm³/mol. The molecule has 0 aromatic heterocycles. The van der Waals surface area contributed by atoms with Gasteiger partial charge in [-0.3, -0.25) is 0 Å². The van der Waals surface area contributed by atoms with Crippen LogP contribution in [0.5, 0.6) is 0 Å². The maximum absolute atomic E-state index is 15.2. The maximum atomic E-state index is 15.2. The molecule has 0 amide bonds. The molecule has 1 fully saturated rings. The molecule has 1 aliphatic rings. The number of nitrogens with zero attached hydrogens (tertiary/aromatic N) is 1. The molecule has 0 saturated heterocycles. The highest BCUT2D eigenvalue weighted by Gasteiger charge is 2.20. The van der Waals surface area contributed by atoms with E-state index in [2.05, 4.69) is 31.2 Å². The molecule has 0 N–H and O–H groups in total. The van der Waals surface area contributed by atoms with Gasteiger partial charge in [-0.05, 0) is 71.7 Å². The molecule has 1 aliphatic carbocycles. The second-order valence-electron chi connectivity index (χ2n) is 10.3. The van der Waals surface area contributed by atoms with E-state index in [1.54, 1.807) is 0 Å². The fourth-order valence-corrected chi connectivity index (χ4v) is 5.62. The minimum absolute atomic E-state index is 0.0842. The van der Waals surface area contributed by atoms with Gasteiger partial charge in [0.15, 0.2) is 0 Å². The summed E-state index contributed by atoms with van der Waals surface area (Å²) < 4.78 is 15.2. The van der Waals surface area contributed by atoms with Crippen LogP contribution in [0.2, 0.25) is 0 Å². The van der Waals surface area contributed by atoms with Crippen molar-refractivity contribution in [3.05, 3.63) is 82.7 Å². The van der Waals surface area contributed by atoms with Gasteiger partial charge in [-0.1, -0.05) is 101 Å². The lowest BCUT2D eigenvalue weighted by Gasteiger charge is -2.28. The minimum atomic E-state index is -0.0842. The summed E-state index contributed by atoms with van der Waals surface area (Å²) in [6.45, 7) is 2.29. The van der Waals surface area contributed by atoms with E-state index in [4.69, 9.17) is 5.26 Å². The summed E-state index contributed by atoms with van der Waals surface area (Å²) in [6, 6.07) is 20.1. The fourth-order valence-electron chi connectivity index (χ4n) is 5.62. The van der Waals surface area contributed by atoms with Crippen LogP contribution in [0.4, 0.5) is 4.39 Å². The Morgan fingerprint density at radius 2 is 1.50 bits per heavy atom. The van der Waals surface area contributed by atoms with Crippen LogP contribution in [0.25, 0.3) is 10.8 Å². The van der Waals surface area contributed by atoms with E-state index < -0.39 is 0 Å². The zero-order chi connectivity index (χ0) is 23.8. The van der Waals surface area contributed by atoms with Crippen molar-refractivity contribution in [3.8, 4) is 6.07 Å². The molecule has 1 nitrogen and oxygen atoms in total. The highest BCUT2D eigenvalue weighted by atomic mass is 19.1. The molecule has 3 aromatic rings. The number of fused-ring (bicyclic) bond motifs is 1. The normalized spacial score (nSPS) is 18.1. The summed E-state index contributed by atoms with van der Waals surface area (Å²) in [5.41, 5.74) is 3.89. The maximum Gasteiger partial charge on any atom is 0.134 e. The SMILES string of the molecule is CCCCCC1CCC(CCc2ccc3c(F)c(CCc4ccc(C#N)cc4)ccc3c2)CC1.